The Hall–Kier alpha value is -0.840. The number of anilines is 1. The third-order valence-electron chi connectivity index (χ3n) is 2.21. The maximum atomic E-state index is 12.7. The number of para-hydroxylation sites is 1. The van der Waals surface area contributed by atoms with Gasteiger partial charge < -0.3 is 5.32 Å². The molecule has 0 spiro atoms. The van der Waals surface area contributed by atoms with Crippen molar-refractivity contribution in [2.45, 2.75) is 24.0 Å². The van der Waals surface area contributed by atoms with Gasteiger partial charge in [0.25, 0.3) is 0 Å². The molecule has 1 atom stereocenters. The first-order chi connectivity index (χ1) is 6.98. The summed E-state index contributed by atoms with van der Waals surface area (Å²) in [4.78, 5) is 0.683. The molecule has 0 bridgehead atoms. The van der Waals surface area contributed by atoms with E-state index in [1.807, 2.05) is 6.92 Å². The molecule has 15 heavy (non-hydrogen) atoms. The third-order valence-corrected chi connectivity index (χ3v) is 3.53. The van der Waals surface area contributed by atoms with Crippen molar-refractivity contribution in [1.82, 2.24) is 0 Å². The van der Waals surface area contributed by atoms with Gasteiger partial charge in [0.1, 0.15) is 0 Å². The molecular formula is C10H10F3NS. The summed E-state index contributed by atoms with van der Waals surface area (Å²) in [5, 5.41) is 2.89. The van der Waals surface area contributed by atoms with Crippen molar-refractivity contribution in [2.24, 2.45) is 0 Å². The largest absolute Gasteiger partial charge is 0.418 e. The SMILES string of the molecule is CC1CSc2cccc(C(F)(F)F)c2N1. The van der Waals surface area contributed by atoms with Gasteiger partial charge in [0.15, 0.2) is 0 Å². The van der Waals surface area contributed by atoms with E-state index in [1.165, 1.54) is 17.8 Å². The van der Waals surface area contributed by atoms with Gasteiger partial charge in [0.05, 0.1) is 11.3 Å². The number of nitrogens with one attached hydrogen (secondary N) is 1. The van der Waals surface area contributed by atoms with E-state index in [0.29, 0.717) is 4.90 Å². The van der Waals surface area contributed by atoms with E-state index in [4.69, 9.17) is 0 Å². The standard InChI is InChI=1S/C10H10F3NS/c1-6-5-15-8-4-2-3-7(9(8)14-6)10(11,12)13/h2-4,6,14H,5H2,1H3. The minimum absolute atomic E-state index is 0.0750. The van der Waals surface area contributed by atoms with Crippen LogP contribution < -0.4 is 5.32 Å². The zero-order valence-electron chi connectivity index (χ0n) is 8.06. The number of thioether (sulfide) groups is 1. The molecule has 0 saturated carbocycles. The molecule has 82 valence electrons. The van der Waals surface area contributed by atoms with Crippen molar-refractivity contribution in [1.29, 1.82) is 0 Å². The maximum absolute atomic E-state index is 12.7. The van der Waals surface area contributed by atoms with Crippen LogP contribution in [0.25, 0.3) is 0 Å². The summed E-state index contributed by atoms with van der Waals surface area (Å²) in [6.45, 7) is 1.88. The van der Waals surface area contributed by atoms with E-state index in [9.17, 15) is 13.2 Å². The second-order valence-electron chi connectivity index (χ2n) is 3.53. The predicted molar refractivity (Wildman–Crippen MR) is 55.3 cm³/mol. The Morgan fingerprint density at radius 2 is 2.13 bits per heavy atom. The second-order valence-corrected chi connectivity index (χ2v) is 4.59. The van der Waals surface area contributed by atoms with Gasteiger partial charge in [-0.1, -0.05) is 6.07 Å². The predicted octanol–water partition coefficient (Wildman–Crippen LogP) is 3.61. The quantitative estimate of drug-likeness (QED) is 0.734. The van der Waals surface area contributed by atoms with Crippen molar-refractivity contribution in [2.75, 3.05) is 11.1 Å². The lowest BCUT2D eigenvalue weighted by Gasteiger charge is -2.26. The molecule has 0 aliphatic carbocycles. The fourth-order valence-corrected chi connectivity index (χ4v) is 2.54. The van der Waals surface area contributed by atoms with Gasteiger partial charge in [-0.25, -0.2) is 0 Å². The van der Waals surface area contributed by atoms with E-state index in [0.717, 1.165) is 11.8 Å². The molecule has 5 heteroatoms. The van der Waals surface area contributed by atoms with Gasteiger partial charge in [-0.15, -0.1) is 11.8 Å². The van der Waals surface area contributed by atoms with Gasteiger partial charge >= 0.3 is 6.18 Å². The van der Waals surface area contributed by atoms with Gasteiger partial charge in [0.2, 0.25) is 0 Å². The number of benzene rings is 1. The first-order valence-electron chi connectivity index (χ1n) is 4.58. The van der Waals surface area contributed by atoms with Crippen LogP contribution in [0.3, 0.4) is 0 Å². The Labute approximate surface area is 90.1 Å². The second kappa shape index (κ2) is 3.63. The molecule has 0 fully saturated rings. The number of fused-ring (bicyclic) bond motifs is 1. The molecule has 1 aromatic carbocycles. The molecule has 1 aromatic rings. The van der Waals surface area contributed by atoms with Crippen LogP contribution in [0.2, 0.25) is 0 Å². The highest BCUT2D eigenvalue weighted by molar-refractivity contribution is 7.99. The van der Waals surface area contributed by atoms with Crippen LogP contribution in [0.4, 0.5) is 18.9 Å². The Kier molecular flexibility index (Phi) is 2.58. The minimum Gasteiger partial charge on any atom is -0.380 e. The lowest BCUT2D eigenvalue weighted by molar-refractivity contribution is -0.137. The summed E-state index contributed by atoms with van der Waals surface area (Å²) in [5.41, 5.74) is -0.340. The van der Waals surface area contributed by atoms with Gasteiger partial charge in [0, 0.05) is 16.7 Å². The van der Waals surface area contributed by atoms with Crippen LogP contribution in [0.1, 0.15) is 12.5 Å². The Balaban J connectivity index is 2.49. The highest BCUT2D eigenvalue weighted by atomic mass is 32.2. The molecule has 0 radical (unpaired) electrons. The van der Waals surface area contributed by atoms with Crippen molar-refractivity contribution >= 4 is 17.4 Å². The summed E-state index contributed by atoms with van der Waals surface area (Å²) < 4.78 is 38.0. The van der Waals surface area contributed by atoms with Gasteiger partial charge in [-0.3, -0.25) is 0 Å². The molecule has 1 nitrogen and oxygen atoms in total. The summed E-state index contributed by atoms with van der Waals surface area (Å²) in [5.74, 6) is 0.800. The van der Waals surface area contributed by atoms with Crippen LogP contribution in [0, 0.1) is 0 Å². The summed E-state index contributed by atoms with van der Waals surface area (Å²) in [7, 11) is 0. The molecular weight excluding hydrogens is 223 g/mol. The average Bonchev–Trinajstić information content (AvgIpc) is 2.15. The highest BCUT2D eigenvalue weighted by Crippen LogP contribution is 2.42. The smallest absolute Gasteiger partial charge is 0.380 e. The Morgan fingerprint density at radius 1 is 1.40 bits per heavy atom. The summed E-state index contributed by atoms with van der Waals surface area (Å²) >= 11 is 1.46. The van der Waals surface area contributed by atoms with Crippen molar-refractivity contribution < 1.29 is 13.2 Å². The first-order valence-corrected chi connectivity index (χ1v) is 5.56. The summed E-state index contributed by atoms with van der Waals surface area (Å²) in [6.07, 6.45) is -4.28. The van der Waals surface area contributed by atoms with Crippen LogP contribution in [-0.4, -0.2) is 11.8 Å². The number of hydrogen-bond donors (Lipinski definition) is 1. The number of rotatable bonds is 0. The summed E-state index contributed by atoms with van der Waals surface area (Å²) in [6, 6.07) is 4.36. The van der Waals surface area contributed by atoms with E-state index < -0.39 is 11.7 Å². The fraction of sp³-hybridized carbons (Fsp3) is 0.400. The molecule has 2 rings (SSSR count). The molecule has 1 aliphatic heterocycles. The highest BCUT2D eigenvalue weighted by Gasteiger charge is 2.35. The van der Waals surface area contributed by atoms with E-state index in [1.54, 1.807) is 6.07 Å². The number of halogens is 3. The molecule has 0 aromatic heterocycles. The molecule has 1 unspecified atom stereocenters. The molecule has 0 amide bonds. The lowest BCUT2D eigenvalue weighted by Crippen LogP contribution is -2.24. The van der Waals surface area contributed by atoms with Crippen LogP contribution in [0.15, 0.2) is 23.1 Å². The molecule has 1 aliphatic rings. The number of alkyl halides is 3. The van der Waals surface area contributed by atoms with Crippen molar-refractivity contribution in [3.8, 4) is 0 Å². The van der Waals surface area contributed by atoms with Crippen molar-refractivity contribution in [3.63, 3.8) is 0 Å². The normalized spacial score (nSPS) is 20.7. The average molecular weight is 233 g/mol. The Morgan fingerprint density at radius 3 is 2.80 bits per heavy atom. The molecule has 1 heterocycles. The van der Waals surface area contributed by atoms with Crippen molar-refractivity contribution in [3.05, 3.63) is 23.8 Å². The van der Waals surface area contributed by atoms with Gasteiger partial charge in [-0.2, -0.15) is 13.2 Å². The topological polar surface area (TPSA) is 12.0 Å². The first kappa shape index (κ1) is 10.7. The van der Waals surface area contributed by atoms with E-state index in [-0.39, 0.29) is 11.7 Å². The zero-order chi connectivity index (χ0) is 11.1. The zero-order valence-corrected chi connectivity index (χ0v) is 8.88. The van der Waals surface area contributed by atoms with E-state index >= 15 is 0 Å². The van der Waals surface area contributed by atoms with Crippen LogP contribution in [0.5, 0.6) is 0 Å². The number of hydrogen-bond acceptors (Lipinski definition) is 2. The van der Waals surface area contributed by atoms with E-state index in [2.05, 4.69) is 5.32 Å². The lowest BCUT2D eigenvalue weighted by atomic mass is 10.1. The third kappa shape index (κ3) is 2.07. The maximum Gasteiger partial charge on any atom is 0.418 e. The molecule has 0 saturated heterocycles. The van der Waals surface area contributed by atoms with Crippen LogP contribution >= 0.6 is 11.8 Å². The van der Waals surface area contributed by atoms with Crippen LogP contribution in [-0.2, 0) is 6.18 Å². The molecule has 1 N–H and O–H groups in total. The van der Waals surface area contributed by atoms with Gasteiger partial charge in [-0.05, 0) is 19.1 Å². The minimum atomic E-state index is -4.28. The fourth-order valence-electron chi connectivity index (χ4n) is 1.54. The Bertz CT molecular complexity index is 375. The monoisotopic (exact) mass is 233 g/mol.